The Bertz CT molecular complexity index is 1680. The minimum atomic E-state index is -1.73. The van der Waals surface area contributed by atoms with E-state index in [1.807, 2.05) is 0 Å². The molecule has 0 N–H and O–H groups in total. The van der Waals surface area contributed by atoms with Crippen LogP contribution in [0, 0.1) is 83.1 Å². The van der Waals surface area contributed by atoms with Gasteiger partial charge in [0, 0.05) is 48.9 Å². The number of fused-ring (bicyclic) bond motifs is 2. The Balaban J connectivity index is 1.83. The predicted octanol–water partition coefficient (Wildman–Crippen LogP) is 8.95. The van der Waals surface area contributed by atoms with Crippen molar-refractivity contribution in [3.05, 3.63) is 66.8 Å². The van der Waals surface area contributed by atoms with Crippen molar-refractivity contribution in [2.75, 3.05) is 40.1 Å². The number of rotatable bonds is 2. The van der Waals surface area contributed by atoms with Gasteiger partial charge in [0.2, 0.25) is 11.4 Å². The third kappa shape index (κ3) is 4.07. The molecular formula is C36H52N2O2P2+2. The fourth-order valence-corrected chi connectivity index (χ4v) is 13.9. The summed E-state index contributed by atoms with van der Waals surface area (Å²) in [6.07, 6.45) is 0. The zero-order valence-corrected chi connectivity index (χ0v) is 30.8. The normalized spacial score (nSPS) is 17.0. The van der Waals surface area contributed by atoms with E-state index < -0.39 is 14.1 Å². The van der Waals surface area contributed by atoms with Crippen molar-refractivity contribution in [1.29, 1.82) is 0 Å². The van der Waals surface area contributed by atoms with Crippen molar-refractivity contribution in [2.24, 2.45) is 0 Å². The standard InChI is InChI=1S/C36H52N2O2P2/c1-19-21(3)29(11)35-33(27(19)9)39-17-37(41(35,13)14)31-23(5)25(7)32(26(8)24(31)6)38-18-40-34-28(10)20(2)22(4)30(12)36(34)42(38,15)16/h17-18H2,1-16H3/q+2. The zero-order valence-electron chi connectivity index (χ0n) is 29.0. The van der Waals surface area contributed by atoms with Gasteiger partial charge < -0.3 is 9.47 Å². The molecule has 0 aliphatic carbocycles. The van der Waals surface area contributed by atoms with Gasteiger partial charge in [-0.2, -0.15) is 8.66 Å². The molecular weight excluding hydrogens is 554 g/mol. The van der Waals surface area contributed by atoms with E-state index in [4.69, 9.17) is 9.47 Å². The first-order valence-electron chi connectivity index (χ1n) is 15.2. The van der Waals surface area contributed by atoms with E-state index in [-0.39, 0.29) is 0 Å². The fourth-order valence-electron chi connectivity index (χ4n) is 7.65. The van der Waals surface area contributed by atoms with Crippen LogP contribution in [0.4, 0.5) is 11.4 Å². The summed E-state index contributed by atoms with van der Waals surface area (Å²) >= 11 is 0. The lowest BCUT2D eigenvalue weighted by Gasteiger charge is -2.32. The number of ether oxygens (including phenoxy) is 2. The molecule has 2 aliphatic rings. The lowest BCUT2D eigenvalue weighted by atomic mass is 9.96. The molecule has 0 bridgehead atoms. The summed E-state index contributed by atoms with van der Waals surface area (Å²) in [6, 6.07) is 0. The Morgan fingerprint density at radius 1 is 0.381 bits per heavy atom. The van der Waals surface area contributed by atoms with Gasteiger partial charge in [-0.15, -0.1) is 0 Å². The third-order valence-corrected chi connectivity index (χ3v) is 17.5. The van der Waals surface area contributed by atoms with E-state index in [1.165, 1.54) is 88.7 Å². The molecule has 0 saturated carbocycles. The zero-order chi connectivity index (χ0) is 31.4. The highest BCUT2D eigenvalue weighted by Crippen LogP contribution is 2.55. The highest BCUT2D eigenvalue weighted by atomic mass is 31.2. The van der Waals surface area contributed by atoms with Gasteiger partial charge in [-0.3, -0.25) is 0 Å². The van der Waals surface area contributed by atoms with Crippen LogP contribution in [0.5, 0.6) is 11.5 Å². The van der Waals surface area contributed by atoms with Crippen molar-refractivity contribution < 1.29 is 18.1 Å². The van der Waals surface area contributed by atoms with Crippen LogP contribution in [0.3, 0.4) is 0 Å². The first-order valence-corrected chi connectivity index (χ1v) is 20.5. The Labute approximate surface area is 255 Å². The summed E-state index contributed by atoms with van der Waals surface area (Å²) in [5.74, 6) is 2.25. The molecule has 3 aromatic rings. The lowest BCUT2D eigenvalue weighted by molar-refractivity contribution is -0.465. The van der Waals surface area contributed by atoms with Crippen LogP contribution in [-0.2, 0) is 0 Å². The molecule has 0 radical (unpaired) electrons. The smallest absolute Gasteiger partial charge is 0.288 e. The van der Waals surface area contributed by atoms with Gasteiger partial charge >= 0.3 is 0 Å². The second kappa shape index (κ2) is 10.1. The van der Waals surface area contributed by atoms with E-state index in [0.29, 0.717) is 13.5 Å². The number of hydrogen-bond donors (Lipinski definition) is 0. The van der Waals surface area contributed by atoms with E-state index in [1.54, 1.807) is 0 Å². The highest BCUT2D eigenvalue weighted by molar-refractivity contribution is 7.71. The van der Waals surface area contributed by atoms with E-state index >= 15 is 0 Å². The molecule has 2 heterocycles. The van der Waals surface area contributed by atoms with Crippen LogP contribution in [0.25, 0.3) is 0 Å². The number of benzene rings is 3. The van der Waals surface area contributed by atoms with Gasteiger partial charge in [-0.1, -0.05) is 0 Å². The maximum absolute atomic E-state index is 6.66. The average Bonchev–Trinajstić information content (AvgIpc) is 2.92. The molecule has 0 saturated heterocycles. The molecule has 2 aliphatic heterocycles. The summed E-state index contributed by atoms with van der Waals surface area (Å²) in [5, 5.41) is 2.86. The molecule has 0 atom stereocenters. The van der Waals surface area contributed by atoms with Crippen LogP contribution < -0.4 is 20.1 Å². The van der Waals surface area contributed by atoms with E-state index in [2.05, 4.69) is 118 Å². The molecule has 0 fully saturated rings. The van der Waals surface area contributed by atoms with Gasteiger partial charge in [-0.05, 0) is 128 Å². The molecule has 5 rings (SSSR count). The van der Waals surface area contributed by atoms with Crippen molar-refractivity contribution in [2.45, 2.75) is 83.1 Å². The van der Waals surface area contributed by atoms with Crippen molar-refractivity contribution in [3.63, 3.8) is 0 Å². The van der Waals surface area contributed by atoms with Crippen LogP contribution in [-0.4, -0.2) is 48.8 Å². The molecule has 0 unspecified atom stereocenters. The van der Waals surface area contributed by atoms with Gasteiger partial charge in [0.25, 0.3) is 13.5 Å². The maximum atomic E-state index is 6.66. The Kier molecular flexibility index (Phi) is 7.52. The quantitative estimate of drug-likeness (QED) is 0.272. The Hall–Kier alpha value is -2.28. The van der Waals surface area contributed by atoms with E-state index in [9.17, 15) is 0 Å². The van der Waals surface area contributed by atoms with Gasteiger partial charge in [0.05, 0.1) is 10.6 Å². The maximum Gasteiger partial charge on any atom is 0.288 e. The first kappa shape index (κ1) is 31.2. The summed E-state index contributed by atoms with van der Waals surface area (Å²) in [4.78, 5) is 0. The van der Waals surface area contributed by atoms with Gasteiger partial charge in [0.1, 0.15) is 25.6 Å². The summed E-state index contributed by atoms with van der Waals surface area (Å²) in [5.41, 5.74) is 19.0. The average molecular weight is 607 g/mol. The minimum absolute atomic E-state index is 0.590. The topological polar surface area (TPSA) is 24.5 Å². The molecule has 6 heteroatoms. The van der Waals surface area contributed by atoms with E-state index in [0.717, 1.165) is 11.5 Å². The lowest BCUT2D eigenvalue weighted by Crippen LogP contribution is -2.31. The summed E-state index contributed by atoms with van der Waals surface area (Å²) in [6.45, 7) is 38.4. The minimum Gasteiger partial charge on any atom is -0.435 e. The second-order valence-electron chi connectivity index (χ2n) is 13.7. The number of hydrogen-bond acceptors (Lipinski definition) is 2. The van der Waals surface area contributed by atoms with Crippen molar-refractivity contribution in [3.8, 4) is 11.5 Å². The summed E-state index contributed by atoms with van der Waals surface area (Å²) in [7, 11) is -3.45. The molecule has 0 amide bonds. The van der Waals surface area contributed by atoms with Crippen molar-refractivity contribution >= 4 is 36.1 Å². The number of nitrogens with zero attached hydrogens (tertiary/aromatic N) is 2. The van der Waals surface area contributed by atoms with Crippen LogP contribution in [0.15, 0.2) is 0 Å². The van der Waals surface area contributed by atoms with Gasteiger partial charge in [0.15, 0.2) is 0 Å². The Morgan fingerprint density at radius 2 is 0.643 bits per heavy atom. The Morgan fingerprint density at radius 3 is 0.929 bits per heavy atom. The van der Waals surface area contributed by atoms with Crippen LogP contribution in [0.1, 0.15) is 66.8 Å². The molecule has 4 nitrogen and oxygen atoms in total. The molecule has 3 aromatic carbocycles. The monoisotopic (exact) mass is 606 g/mol. The largest absolute Gasteiger partial charge is 0.435 e. The predicted molar refractivity (Wildman–Crippen MR) is 184 cm³/mol. The third-order valence-electron chi connectivity index (χ3n) is 11.2. The second-order valence-corrected chi connectivity index (χ2v) is 21.1. The van der Waals surface area contributed by atoms with Crippen molar-refractivity contribution in [1.82, 2.24) is 0 Å². The summed E-state index contributed by atoms with van der Waals surface area (Å²) < 4.78 is 18.5. The highest BCUT2D eigenvalue weighted by Gasteiger charge is 2.42. The van der Waals surface area contributed by atoms with Crippen LogP contribution in [0.2, 0.25) is 0 Å². The van der Waals surface area contributed by atoms with Crippen LogP contribution >= 0.6 is 14.1 Å². The molecule has 42 heavy (non-hydrogen) atoms. The molecule has 0 aromatic heterocycles. The van der Waals surface area contributed by atoms with Gasteiger partial charge in [-0.25, -0.2) is 0 Å². The molecule has 0 spiro atoms. The SMILES string of the molecule is Cc1c(C)c(C)c2c(c1C)OC[N+](c1c(C)c(C)c([N+]3=P(C)(C)c4c(C)c(C)c(C)c(C)c4OC3)c(C)c1C)=P2(C)C. The molecule has 226 valence electrons. The first-order chi connectivity index (χ1) is 19.4. The fraction of sp³-hybridized carbons (Fsp3) is 0.500.